The Labute approximate surface area is 104 Å². The summed E-state index contributed by atoms with van der Waals surface area (Å²) in [5.41, 5.74) is 2.26. The van der Waals surface area contributed by atoms with Crippen LogP contribution in [0.15, 0.2) is 6.20 Å². The van der Waals surface area contributed by atoms with E-state index >= 15 is 0 Å². The molecule has 1 saturated heterocycles. The minimum atomic E-state index is 0.115. The number of aryl methyl sites for hydroxylation is 1. The van der Waals surface area contributed by atoms with E-state index in [1.807, 2.05) is 29.7 Å². The zero-order valence-corrected chi connectivity index (χ0v) is 11.4. The van der Waals surface area contributed by atoms with Gasteiger partial charge in [0, 0.05) is 36.1 Å². The zero-order valence-electron chi connectivity index (χ0n) is 9.77. The maximum absolute atomic E-state index is 11.8. The van der Waals surface area contributed by atoms with Crippen LogP contribution in [0, 0.1) is 6.92 Å². The molecule has 1 fully saturated rings. The number of aromatic nitrogens is 2. The number of carbonyl (C=O) groups is 1. The van der Waals surface area contributed by atoms with Crippen LogP contribution in [0.4, 0.5) is 0 Å². The number of hydrogen-bond donors (Lipinski definition) is 0. The van der Waals surface area contributed by atoms with Crippen LogP contribution < -0.4 is 0 Å². The Hall–Kier alpha value is -0.840. The fourth-order valence-electron chi connectivity index (χ4n) is 2.15. The maximum Gasteiger partial charge on any atom is 0.224 e. The van der Waals surface area contributed by atoms with E-state index < -0.39 is 0 Å². The monoisotopic (exact) mass is 285 g/mol. The van der Waals surface area contributed by atoms with Gasteiger partial charge in [-0.1, -0.05) is 15.9 Å². The maximum atomic E-state index is 11.8. The Morgan fingerprint density at radius 1 is 1.62 bits per heavy atom. The van der Waals surface area contributed by atoms with E-state index in [0.717, 1.165) is 17.8 Å². The number of hydrogen-bond acceptors (Lipinski definition) is 2. The third-order valence-corrected chi connectivity index (χ3v) is 3.92. The fourth-order valence-corrected chi connectivity index (χ4v) is 2.74. The summed E-state index contributed by atoms with van der Waals surface area (Å²) in [6.07, 6.45) is 2.46. The van der Waals surface area contributed by atoms with E-state index in [1.165, 1.54) is 0 Å². The summed E-state index contributed by atoms with van der Waals surface area (Å²) in [5.74, 6) is 0.220. The van der Waals surface area contributed by atoms with E-state index in [4.69, 9.17) is 0 Å². The molecule has 1 aromatic rings. The van der Waals surface area contributed by atoms with Crippen molar-refractivity contribution in [3.63, 3.8) is 0 Å². The Morgan fingerprint density at radius 2 is 2.31 bits per heavy atom. The normalized spacial score (nSPS) is 22.9. The highest BCUT2D eigenvalue weighted by Crippen LogP contribution is 2.29. The van der Waals surface area contributed by atoms with E-state index in [1.54, 1.807) is 0 Å². The molecule has 0 bridgehead atoms. The van der Waals surface area contributed by atoms with Crippen LogP contribution >= 0.6 is 15.9 Å². The molecule has 1 aromatic heterocycles. The van der Waals surface area contributed by atoms with Crippen molar-refractivity contribution < 1.29 is 4.79 Å². The molecule has 4 nitrogen and oxygen atoms in total. The number of likely N-dealkylation sites (tertiary alicyclic amines) is 1. The van der Waals surface area contributed by atoms with E-state index in [-0.39, 0.29) is 11.9 Å². The van der Waals surface area contributed by atoms with Gasteiger partial charge in [0.05, 0.1) is 12.2 Å². The number of carbonyl (C=O) groups excluding carboxylic acids is 1. The second kappa shape index (κ2) is 4.20. The molecule has 2 atom stereocenters. The van der Waals surface area contributed by atoms with Gasteiger partial charge in [-0.3, -0.25) is 9.48 Å². The van der Waals surface area contributed by atoms with E-state index in [2.05, 4.69) is 28.0 Å². The van der Waals surface area contributed by atoms with Gasteiger partial charge in [-0.05, 0) is 13.8 Å². The van der Waals surface area contributed by atoms with Crippen molar-refractivity contribution in [3.05, 3.63) is 17.5 Å². The second-order valence-electron chi connectivity index (χ2n) is 4.33. The van der Waals surface area contributed by atoms with E-state index in [9.17, 15) is 4.79 Å². The minimum absolute atomic E-state index is 0.115. The quantitative estimate of drug-likeness (QED) is 0.777. The van der Waals surface area contributed by atoms with Crippen LogP contribution in [0.3, 0.4) is 0 Å². The molecule has 88 valence electrons. The van der Waals surface area contributed by atoms with Gasteiger partial charge in [0.2, 0.25) is 5.91 Å². The first-order chi connectivity index (χ1) is 7.50. The summed E-state index contributed by atoms with van der Waals surface area (Å²) >= 11 is 3.50. The highest BCUT2D eigenvalue weighted by molar-refractivity contribution is 9.09. The van der Waals surface area contributed by atoms with Gasteiger partial charge in [0.25, 0.3) is 0 Å². The van der Waals surface area contributed by atoms with Gasteiger partial charge in [-0.15, -0.1) is 0 Å². The standard InChI is InChI=1S/C11H16BrN3O/c1-7-10(5-13-14(7)3)8(2)15-6-9(12)4-11(15)16/h5,8-9H,4,6H2,1-3H3. The second-order valence-corrected chi connectivity index (χ2v) is 5.63. The number of amides is 1. The lowest BCUT2D eigenvalue weighted by Crippen LogP contribution is -2.28. The number of alkyl halides is 1. The Bertz CT molecular complexity index is 415. The summed E-state index contributed by atoms with van der Waals surface area (Å²) in [4.78, 5) is 14.0. The first-order valence-electron chi connectivity index (χ1n) is 5.42. The molecule has 0 N–H and O–H groups in total. The summed E-state index contributed by atoms with van der Waals surface area (Å²) in [5, 5.41) is 4.22. The lowest BCUT2D eigenvalue weighted by Gasteiger charge is -2.24. The average Bonchev–Trinajstić information content (AvgIpc) is 2.71. The summed E-state index contributed by atoms with van der Waals surface area (Å²) < 4.78 is 1.85. The predicted molar refractivity (Wildman–Crippen MR) is 65.4 cm³/mol. The third kappa shape index (κ3) is 1.88. The molecule has 0 saturated carbocycles. The molecule has 2 rings (SSSR count). The topological polar surface area (TPSA) is 38.1 Å². The lowest BCUT2D eigenvalue weighted by atomic mass is 10.1. The molecular weight excluding hydrogens is 270 g/mol. The zero-order chi connectivity index (χ0) is 11.9. The molecule has 0 radical (unpaired) electrons. The molecule has 1 amide bonds. The molecule has 0 aliphatic carbocycles. The van der Waals surface area contributed by atoms with Gasteiger partial charge in [0.1, 0.15) is 0 Å². The van der Waals surface area contributed by atoms with Gasteiger partial charge >= 0.3 is 0 Å². The van der Waals surface area contributed by atoms with Gasteiger partial charge < -0.3 is 4.90 Å². The van der Waals surface area contributed by atoms with Crippen LogP contribution in [-0.4, -0.2) is 32.0 Å². The summed E-state index contributed by atoms with van der Waals surface area (Å²) in [7, 11) is 1.92. The summed E-state index contributed by atoms with van der Waals surface area (Å²) in [6, 6.07) is 0.115. The van der Waals surface area contributed by atoms with Crippen LogP contribution in [0.25, 0.3) is 0 Å². The SMILES string of the molecule is Cc1c(C(C)N2CC(Br)CC2=O)cnn1C. The predicted octanol–water partition coefficient (Wildman–Crippen LogP) is 1.79. The highest BCUT2D eigenvalue weighted by Gasteiger charge is 2.32. The number of nitrogens with zero attached hydrogens (tertiary/aromatic N) is 3. The van der Waals surface area contributed by atoms with Crippen molar-refractivity contribution in [2.45, 2.75) is 31.1 Å². The van der Waals surface area contributed by atoms with Crippen LogP contribution in [0.5, 0.6) is 0 Å². The fraction of sp³-hybridized carbons (Fsp3) is 0.636. The highest BCUT2D eigenvalue weighted by atomic mass is 79.9. The van der Waals surface area contributed by atoms with Crippen molar-refractivity contribution in [2.75, 3.05) is 6.54 Å². The molecule has 16 heavy (non-hydrogen) atoms. The molecule has 2 unspecified atom stereocenters. The molecule has 5 heteroatoms. The summed E-state index contributed by atoms with van der Waals surface area (Å²) in [6.45, 7) is 4.88. The minimum Gasteiger partial charge on any atom is -0.335 e. The van der Waals surface area contributed by atoms with E-state index in [0.29, 0.717) is 11.2 Å². The first kappa shape index (κ1) is 11.6. The van der Waals surface area contributed by atoms with Gasteiger partial charge in [-0.2, -0.15) is 5.10 Å². The van der Waals surface area contributed by atoms with Crippen molar-refractivity contribution >= 4 is 21.8 Å². The van der Waals surface area contributed by atoms with Crippen LogP contribution in [-0.2, 0) is 11.8 Å². The van der Waals surface area contributed by atoms with Crippen molar-refractivity contribution in [3.8, 4) is 0 Å². The van der Waals surface area contributed by atoms with Gasteiger partial charge in [-0.25, -0.2) is 0 Å². The van der Waals surface area contributed by atoms with Crippen LogP contribution in [0.1, 0.15) is 30.6 Å². The Kier molecular flexibility index (Phi) is 3.06. The lowest BCUT2D eigenvalue weighted by molar-refractivity contribution is -0.129. The smallest absolute Gasteiger partial charge is 0.224 e. The van der Waals surface area contributed by atoms with Crippen LogP contribution in [0.2, 0.25) is 0 Å². The molecule has 0 aromatic carbocycles. The molecule has 1 aliphatic rings. The Morgan fingerprint density at radius 3 is 2.75 bits per heavy atom. The third-order valence-electron chi connectivity index (χ3n) is 3.30. The Balaban J connectivity index is 2.22. The molecule has 1 aliphatic heterocycles. The number of rotatable bonds is 2. The average molecular weight is 286 g/mol. The van der Waals surface area contributed by atoms with Gasteiger partial charge in [0.15, 0.2) is 0 Å². The first-order valence-corrected chi connectivity index (χ1v) is 6.34. The largest absolute Gasteiger partial charge is 0.335 e. The molecular formula is C11H16BrN3O. The molecule has 0 spiro atoms. The number of halogens is 1. The molecule has 2 heterocycles. The van der Waals surface area contributed by atoms with Crippen molar-refractivity contribution in [1.29, 1.82) is 0 Å². The van der Waals surface area contributed by atoms with Crippen molar-refractivity contribution in [2.24, 2.45) is 7.05 Å². The van der Waals surface area contributed by atoms with Crippen molar-refractivity contribution in [1.82, 2.24) is 14.7 Å².